The Morgan fingerprint density at radius 2 is 1.96 bits per heavy atom. The van der Waals surface area contributed by atoms with E-state index < -0.39 is 8.32 Å². The first-order chi connectivity index (χ1) is 10.5. The van der Waals surface area contributed by atoms with E-state index in [1.165, 1.54) is 0 Å². The van der Waals surface area contributed by atoms with Gasteiger partial charge in [0.15, 0.2) is 8.32 Å². The molecular formula is C17H33N3O2Si. The third-order valence-electron chi connectivity index (χ3n) is 4.51. The van der Waals surface area contributed by atoms with Crippen molar-refractivity contribution in [2.45, 2.75) is 65.0 Å². The van der Waals surface area contributed by atoms with Gasteiger partial charge in [-0.25, -0.2) is 0 Å². The monoisotopic (exact) mass is 339 g/mol. The minimum atomic E-state index is -1.94. The van der Waals surface area contributed by atoms with E-state index >= 15 is 0 Å². The van der Waals surface area contributed by atoms with Gasteiger partial charge in [-0.2, -0.15) is 0 Å². The van der Waals surface area contributed by atoms with E-state index in [4.69, 9.17) is 14.7 Å². The average molecular weight is 340 g/mol. The molecule has 0 aromatic rings. The lowest BCUT2D eigenvalue weighted by Crippen LogP contribution is -2.49. The zero-order valence-corrected chi connectivity index (χ0v) is 17.0. The van der Waals surface area contributed by atoms with Crippen molar-refractivity contribution < 1.29 is 9.16 Å². The first-order valence-electron chi connectivity index (χ1n) is 8.01. The van der Waals surface area contributed by atoms with Crippen molar-refractivity contribution in [1.29, 1.82) is 0 Å². The lowest BCUT2D eigenvalue weighted by Gasteiger charge is -2.42. The SMILES string of the molecule is C=C[C@H](OC)[C@@H](O[Si](C)(C)C(C)(C)C)[C@H](C)C=C(C)CN=[N+]=[N-]. The van der Waals surface area contributed by atoms with Crippen LogP contribution >= 0.6 is 0 Å². The van der Waals surface area contributed by atoms with Gasteiger partial charge in [0, 0.05) is 24.5 Å². The van der Waals surface area contributed by atoms with Crippen LogP contribution in [0.4, 0.5) is 0 Å². The number of nitrogens with zero attached hydrogens (tertiary/aromatic N) is 3. The summed E-state index contributed by atoms with van der Waals surface area (Å²) in [6.45, 7) is 19.5. The predicted octanol–water partition coefficient (Wildman–Crippen LogP) is 5.47. The fourth-order valence-electron chi connectivity index (χ4n) is 2.09. The lowest BCUT2D eigenvalue weighted by atomic mass is 9.97. The molecule has 0 aromatic carbocycles. The van der Waals surface area contributed by atoms with E-state index in [0.717, 1.165) is 5.57 Å². The van der Waals surface area contributed by atoms with Gasteiger partial charge in [-0.1, -0.05) is 50.5 Å². The smallest absolute Gasteiger partial charge is 0.192 e. The zero-order chi connectivity index (χ0) is 18.3. The van der Waals surface area contributed by atoms with Gasteiger partial charge in [0.05, 0.1) is 6.10 Å². The number of ether oxygens (including phenoxy) is 1. The van der Waals surface area contributed by atoms with Gasteiger partial charge < -0.3 is 9.16 Å². The molecule has 0 N–H and O–H groups in total. The molecule has 6 heteroatoms. The Morgan fingerprint density at radius 3 is 2.35 bits per heavy atom. The van der Waals surface area contributed by atoms with E-state index in [9.17, 15) is 0 Å². The molecule has 0 radical (unpaired) electrons. The Morgan fingerprint density at radius 1 is 1.39 bits per heavy atom. The van der Waals surface area contributed by atoms with Crippen LogP contribution in [0.3, 0.4) is 0 Å². The van der Waals surface area contributed by atoms with Crippen LogP contribution < -0.4 is 0 Å². The van der Waals surface area contributed by atoms with Crippen LogP contribution in [0.5, 0.6) is 0 Å². The maximum atomic E-state index is 8.44. The molecule has 5 nitrogen and oxygen atoms in total. The summed E-state index contributed by atoms with van der Waals surface area (Å²) in [5, 5.41) is 3.73. The van der Waals surface area contributed by atoms with Gasteiger partial charge in [-0.3, -0.25) is 0 Å². The quantitative estimate of drug-likeness (QED) is 0.184. The largest absolute Gasteiger partial charge is 0.410 e. The average Bonchev–Trinajstić information content (AvgIpc) is 2.43. The lowest BCUT2D eigenvalue weighted by molar-refractivity contribution is 0.00599. The van der Waals surface area contributed by atoms with Crippen molar-refractivity contribution in [1.82, 2.24) is 0 Å². The Hall–Kier alpha value is -1.07. The molecule has 0 aliphatic rings. The maximum absolute atomic E-state index is 8.44. The van der Waals surface area contributed by atoms with Gasteiger partial charge >= 0.3 is 0 Å². The Balaban J connectivity index is 5.46. The molecule has 0 aliphatic carbocycles. The second-order valence-corrected chi connectivity index (χ2v) is 12.3. The number of hydrogen-bond acceptors (Lipinski definition) is 3. The number of hydrogen-bond donors (Lipinski definition) is 0. The molecule has 0 saturated heterocycles. The summed E-state index contributed by atoms with van der Waals surface area (Å²) in [5.41, 5.74) is 9.47. The summed E-state index contributed by atoms with van der Waals surface area (Å²) in [4.78, 5) is 2.81. The van der Waals surface area contributed by atoms with Crippen LogP contribution in [-0.4, -0.2) is 34.2 Å². The van der Waals surface area contributed by atoms with Crippen molar-refractivity contribution in [2.75, 3.05) is 13.7 Å². The molecule has 23 heavy (non-hydrogen) atoms. The molecule has 0 amide bonds. The molecule has 0 fully saturated rings. The molecule has 0 aliphatic heterocycles. The highest BCUT2D eigenvalue weighted by Crippen LogP contribution is 2.39. The molecular weight excluding hydrogens is 306 g/mol. The van der Waals surface area contributed by atoms with Crippen LogP contribution in [0, 0.1) is 5.92 Å². The third kappa shape index (κ3) is 6.91. The van der Waals surface area contributed by atoms with Crippen molar-refractivity contribution in [3.63, 3.8) is 0 Å². The van der Waals surface area contributed by atoms with Gasteiger partial charge in [0.2, 0.25) is 0 Å². The van der Waals surface area contributed by atoms with Gasteiger partial charge in [-0.15, -0.1) is 6.58 Å². The minimum Gasteiger partial charge on any atom is -0.410 e. The summed E-state index contributed by atoms with van der Waals surface area (Å²) in [5.74, 6) is 0.126. The highest BCUT2D eigenvalue weighted by Gasteiger charge is 2.41. The maximum Gasteiger partial charge on any atom is 0.192 e. The summed E-state index contributed by atoms with van der Waals surface area (Å²) in [6, 6.07) is 0. The molecule has 0 unspecified atom stereocenters. The molecule has 0 spiro atoms. The molecule has 0 bridgehead atoms. The molecule has 0 heterocycles. The number of methoxy groups -OCH3 is 1. The Kier molecular flexibility index (Phi) is 8.85. The summed E-state index contributed by atoms with van der Waals surface area (Å²) >= 11 is 0. The molecule has 0 aromatic heterocycles. The van der Waals surface area contributed by atoms with E-state index in [-0.39, 0.29) is 23.2 Å². The molecule has 132 valence electrons. The van der Waals surface area contributed by atoms with E-state index in [2.05, 4.69) is 63.5 Å². The van der Waals surface area contributed by atoms with Crippen molar-refractivity contribution in [2.24, 2.45) is 11.0 Å². The molecule has 0 saturated carbocycles. The second kappa shape index (κ2) is 9.28. The predicted molar refractivity (Wildman–Crippen MR) is 100.0 cm³/mol. The fraction of sp³-hybridized carbons (Fsp3) is 0.765. The van der Waals surface area contributed by atoms with E-state index in [1.807, 2.05) is 6.92 Å². The summed E-state index contributed by atoms with van der Waals surface area (Å²) < 4.78 is 12.2. The third-order valence-corrected chi connectivity index (χ3v) is 8.99. The van der Waals surface area contributed by atoms with Crippen molar-refractivity contribution in [3.05, 3.63) is 34.7 Å². The molecule has 0 rings (SSSR count). The number of rotatable bonds is 9. The normalized spacial score (nSPS) is 17.1. The highest BCUT2D eigenvalue weighted by atomic mass is 28.4. The standard InChI is InChI=1S/C17H33N3O2Si/c1-10-15(21-7)16(22-23(8,9)17(4,5)6)14(3)11-13(2)12-19-20-18/h10-11,14-16H,1,12H2,2-9H3/t14-,15+,16+/m1/s1. The van der Waals surface area contributed by atoms with Gasteiger partial charge in [0.1, 0.15) is 6.10 Å². The van der Waals surface area contributed by atoms with Crippen LogP contribution in [0.1, 0.15) is 34.6 Å². The van der Waals surface area contributed by atoms with Crippen molar-refractivity contribution >= 4 is 8.32 Å². The Labute approximate surface area is 142 Å². The molecule has 3 atom stereocenters. The van der Waals surface area contributed by atoms with Crippen LogP contribution in [-0.2, 0) is 9.16 Å². The summed E-state index contributed by atoms with van der Waals surface area (Å²) in [7, 11) is -0.263. The van der Waals surface area contributed by atoms with E-state index in [1.54, 1.807) is 13.2 Å². The first kappa shape index (κ1) is 21.9. The number of azide groups is 1. The second-order valence-electron chi connectivity index (χ2n) is 7.54. The first-order valence-corrected chi connectivity index (χ1v) is 10.9. The Bertz CT molecular complexity index is 463. The van der Waals surface area contributed by atoms with Crippen LogP contribution in [0.15, 0.2) is 29.4 Å². The van der Waals surface area contributed by atoms with E-state index in [0.29, 0.717) is 6.54 Å². The van der Waals surface area contributed by atoms with Gasteiger partial charge in [-0.05, 0) is 30.6 Å². The van der Waals surface area contributed by atoms with Crippen LogP contribution in [0.25, 0.3) is 10.4 Å². The van der Waals surface area contributed by atoms with Gasteiger partial charge in [0.25, 0.3) is 0 Å². The summed E-state index contributed by atoms with van der Waals surface area (Å²) in [6.07, 6.45) is 3.61. The fourth-order valence-corrected chi connectivity index (χ4v) is 3.48. The highest BCUT2D eigenvalue weighted by molar-refractivity contribution is 6.74. The minimum absolute atomic E-state index is 0.112. The topological polar surface area (TPSA) is 67.2 Å². The zero-order valence-electron chi connectivity index (χ0n) is 16.0. The van der Waals surface area contributed by atoms with Crippen LogP contribution in [0.2, 0.25) is 18.1 Å². The van der Waals surface area contributed by atoms with Crippen molar-refractivity contribution in [3.8, 4) is 0 Å².